The molecule has 0 radical (unpaired) electrons. The van der Waals surface area contributed by atoms with Crippen molar-refractivity contribution in [2.24, 2.45) is 7.05 Å². The Hall–Kier alpha value is -0.850. The van der Waals surface area contributed by atoms with Crippen LogP contribution in [-0.2, 0) is 7.05 Å². The van der Waals surface area contributed by atoms with Crippen LogP contribution < -0.4 is 4.57 Å². The Morgan fingerprint density at radius 2 is 2.25 bits per heavy atom. The molecule has 0 bridgehead atoms. The fraction of sp³-hybridized carbons (Fsp3) is 0.286. The van der Waals surface area contributed by atoms with Crippen LogP contribution in [-0.4, -0.2) is 0 Å². The van der Waals surface area contributed by atoms with Gasteiger partial charge in [0, 0.05) is 11.6 Å². The topological polar surface area (TPSA) is 3.88 Å². The highest BCUT2D eigenvalue weighted by Gasteiger charge is 1.87. The normalized spacial score (nSPS) is 9.25. The first-order valence-corrected chi connectivity index (χ1v) is 2.71. The maximum absolute atomic E-state index is 2.08. The fourth-order valence-corrected chi connectivity index (χ4v) is 0.738. The van der Waals surface area contributed by atoms with Crippen LogP contribution >= 0.6 is 0 Å². The van der Waals surface area contributed by atoms with E-state index in [2.05, 4.69) is 19.2 Å². The number of hydrogen-bond acceptors (Lipinski definition) is 0. The van der Waals surface area contributed by atoms with Crippen LogP contribution in [0.2, 0.25) is 0 Å². The largest absolute Gasteiger partial charge is 0.208 e. The SMILES string of the molecule is Cc1ccc[n+](C)c1. The number of rotatable bonds is 0. The van der Waals surface area contributed by atoms with Gasteiger partial charge in [0.1, 0.15) is 7.05 Å². The molecule has 0 aliphatic heterocycles. The van der Waals surface area contributed by atoms with E-state index in [9.17, 15) is 0 Å². The van der Waals surface area contributed by atoms with Crippen LogP contribution in [0.3, 0.4) is 0 Å². The maximum atomic E-state index is 2.08. The van der Waals surface area contributed by atoms with Gasteiger partial charge in [-0.25, -0.2) is 4.57 Å². The minimum absolute atomic E-state index is 1.30. The second kappa shape index (κ2) is 1.95. The van der Waals surface area contributed by atoms with Crippen molar-refractivity contribution < 1.29 is 4.57 Å². The predicted molar refractivity (Wildman–Crippen MR) is 32.4 cm³/mol. The molecule has 0 aliphatic rings. The quantitative estimate of drug-likeness (QED) is 0.433. The van der Waals surface area contributed by atoms with Crippen LogP contribution in [0.4, 0.5) is 0 Å². The van der Waals surface area contributed by atoms with Crippen molar-refractivity contribution in [1.29, 1.82) is 0 Å². The third kappa shape index (κ3) is 1.06. The summed E-state index contributed by atoms with van der Waals surface area (Å²) in [6.45, 7) is 2.08. The van der Waals surface area contributed by atoms with Gasteiger partial charge in [-0.1, -0.05) is 0 Å². The Bertz CT molecular complexity index is 164. The lowest BCUT2D eigenvalue weighted by molar-refractivity contribution is -0.671. The molecule has 8 heavy (non-hydrogen) atoms. The minimum Gasteiger partial charge on any atom is -0.208 e. The van der Waals surface area contributed by atoms with Gasteiger partial charge >= 0.3 is 0 Å². The van der Waals surface area contributed by atoms with E-state index in [0.29, 0.717) is 0 Å². The van der Waals surface area contributed by atoms with Gasteiger partial charge in [0.05, 0.1) is 0 Å². The highest BCUT2D eigenvalue weighted by Crippen LogP contribution is 1.86. The second-order valence-electron chi connectivity index (χ2n) is 2.05. The van der Waals surface area contributed by atoms with Crippen molar-refractivity contribution >= 4 is 0 Å². The van der Waals surface area contributed by atoms with Crippen molar-refractivity contribution in [2.75, 3.05) is 0 Å². The molecule has 0 saturated carbocycles. The lowest BCUT2D eigenvalue weighted by Gasteiger charge is -1.85. The zero-order valence-electron chi connectivity index (χ0n) is 5.26. The number of hydrogen-bond donors (Lipinski definition) is 0. The van der Waals surface area contributed by atoms with Gasteiger partial charge in [0.15, 0.2) is 12.4 Å². The molecule has 1 aromatic heterocycles. The molecular weight excluding hydrogens is 98.1 g/mol. The Morgan fingerprint density at radius 3 is 2.62 bits per heavy atom. The Kier molecular flexibility index (Phi) is 1.29. The molecule has 1 aromatic rings. The smallest absolute Gasteiger partial charge is 0.171 e. The Balaban J connectivity index is 3.08. The molecule has 0 aliphatic carbocycles. The lowest BCUT2D eigenvalue weighted by Crippen LogP contribution is -2.26. The van der Waals surface area contributed by atoms with E-state index in [1.165, 1.54) is 5.56 Å². The molecule has 0 atom stereocenters. The summed E-state index contributed by atoms with van der Waals surface area (Å²) in [6.07, 6.45) is 4.10. The number of nitrogens with zero attached hydrogens (tertiary/aromatic N) is 1. The van der Waals surface area contributed by atoms with Crippen molar-refractivity contribution in [2.45, 2.75) is 6.92 Å². The molecule has 0 fully saturated rings. The van der Waals surface area contributed by atoms with Crippen LogP contribution in [0.5, 0.6) is 0 Å². The Morgan fingerprint density at radius 1 is 1.50 bits per heavy atom. The molecule has 0 unspecified atom stereocenters. The van der Waals surface area contributed by atoms with Crippen molar-refractivity contribution in [3.63, 3.8) is 0 Å². The van der Waals surface area contributed by atoms with Gasteiger partial charge < -0.3 is 0 Å². The van der Waals surface area contributed by atoms with Crippen LogP contribution in [0.1, 0.15) is 5.56 Å². The number of pyridine rings is 1. The van der Waals surface area contributed by atoms with Crippen molar-refractivity contribution in [3.8, 4) is 0 Å². The van der Waals surface area contributed by atoms with E-state index in [4.69, 9.17) is 0 Å². The molecular formula is C7H10N+. The van der Waals surface area contributed by atoms with Crippen molar-refractivity contribution in [3.05, 3.63) is 30.1 Å². The first-order valence-electron chi connectivity index (χ1n) is 2.71. The summed E-state index contributed by atoms with van der Waals surface area (Å²) in [5, 5.41) is 0. The van der Waals surface area contributed by atoms with E-state index < -0.39 is 0 Å². The molecule has 0 spiro atoms. The minimum atomic E-state index is 1.30. The molecule has 1 heteroatoms. The first-order chi connectivity index (χ1) is 3.79. The summed E-state index contributed by atoms with van der Waals surface area (Å²) in [7, 11) is 2.02. The Labute approximate surface area is 49.6 Å². The summed E-state index contributed by atoms with van der Waals surface area (Å²) >= 11 is 0. The highest BCUT2D eigenvalue weighted by atomic mass is 14.9. The van der Waals surface area contributed by atoms with Gasteiger partial charge in [0.2, 0.25) is 0 Å². The maximum Gasteiger partial charge on any atom is 0.171 e. The van der Waals surface area contributed by atoms with Crippen LogP contribution in [0, 0.1) is 6.92 Å². The third-order valence-electron chi connectivity index (χ3n) is 1.09. The van der Waals surface area contributed by atoms with Gasteiger partial charge in [-0.2, -0.15) is 0 Å². The van der Waals surface area contributed by atoms with Gasteiger partial charge in [-0.05, 0) is 13.0 Å². The third-order valence-corrected chi connectivity index (χ3v) is 1.09. The number of aryl methyl sites for hydroxylation is 2. The molecule has 1 heterocycles. The first kappa shape index (κ1) is 5.29. The molecule has 0 saturated heterocycles. The van der Waals surface area contributed by atoms with E-state index in [1.807, 2.05) is 23.9 Å². The predicted octanol–water partition coefficient (Wildman–Crippen LogP) is 0.820. The summed E-state index contributed by atoms with van der Waals surface area (Å²) < 4.78 is 2.04. The molecule has 1 rings (SSSR count). The monoisotopic (exact) mass is 108 g/mol. The highest BCUT2D eigenvalue weighted by molar-refractivity contribution is 5.00. The van der Waals surface area contributed by atoms with Gasteiger partial charge in [-0.3, -0.25) is 0 Å². The summed E-state index contributed by atoms with van der Waals surface area (Å²) in [5.41, 5.74) is 1.30. The van der Waals surface area contributed by atoms with Crippen LogP contribution in [0.15, 0.2) is 24.5 Å². The molecule has 0 aromatic carbocycles. The lowest BCUT2D eigenvalue weighted by atomic mass is 10.3. The van der Waals surface area contributed by atoms with Crippen LogP contribution in [0.25, 0.3) is 0 Å². The molecule has 1 nitrogen and oxygen atoms in total. The summed E-state index contributed by atoms with van der Waals surface area (Å²) in [5.74, 6) is 0. The van der Waals surface area contributed by atoms with Gasteiger partial charge in [0.25, 0.3) is 0 Å². The second-order valence-corrected chi connectivity index (χ2v) is 2.05. The van der Waals surface area contributed by atoms with E-state index >= 15 is 0 Å². The van der Waals surface area contributed by atoms with Crippen molar-refractivity contribution in [1.82, 2.24) is 0 Å². The summed E-state index contributed by atoms with van der Waals surface area (Å²) in [6, 6.07) is 4.12. The summed E-state index contributed by atoms with van der Waals surface area (Å²) in [4.78, 5) is 0. The standard InChI is InChI=1S/C7H10N/c1-7-4-3-5-8(2)6-7/h3-6H,1-2H3/q+1. The zero-order chi connectivity index (χ0) is 5.98. The molecule has 42 valence electrons. The molecule has 0 amide bonds. The van der Waals surface area contributed by atoms with E-state index in [0.717, 1.165) is 0 Å². The van der Waals surface area contributed by atoms with E-state index in [1.54, 1.807) is 0 Å². The average molecular weight is 108 g/mol. The van der Waals surface area contributed by atoms with E-state index in [-0.39, 0.29) is 0 Å². The molecule has 0 N–H and O–H groups in total. The average Bonchev–Trinajstić information content (AvgIpc) is 1.64. The fourth-order valence-electron chi connectivity index (χ4n) is 0.738. The van der Waals surface area contributed by atoms with Gasteiger partial charge in [-0.15, -0.1) is 0 Å². The number of aromatic nitrogens is 1. The zero-order valence-corrected chi connectivity index (χ0v) is 5.26.